The molecule has 0 saturated carbocycles. The summed E-state index contributed by atoms with van der Waals surface area (Å²) >= 11 is 0. The summed E-state index contributed by atoms with van der Waals surface area (Å²) < 4.78 is 5.55. The van der Waals surface area contributed by atoms with Gasteiger partial charge in [0.15, 0.2) is 0 Å². The quantitative estimate of drug-likeness (QED) is 0.172. The fraction of sp³-hybridized carbons (Fsp3) is 0.432. The zero-order valence-electron chi connectivity index (χ0n) is 27.8. The number of nitrogens with one attached hydrogen (secondary N) is 2. The van der Waals surface area contributed by atoms with Gasteiger partial charge in [0.25, 0.3) is 5.91 Å². The highest BCUT2D eigenvalue weighted by atomic mass is 16.6. The summed E-state index contributed by atoms with van der Waals surface area (Å²) in [6, 6.07) is 17.9. The second kappa shape index (κ2) is 16.1. The van der Waals surface area contributed by atoms with Gasteiger partial charge in [-0.15, -0.1) is 0 Å². The van der Waals surface area contributed by atoms with Crippen LogP contribution in [-0.4, -0.2) is 46.1 Å². The number of benzene rings is 3. The molecule has 0 aliphatic rings. The van der Waals surface area contributed by atoms with Crippen molar-refractivity contribution in [3.8, 4) is 5.75 Å². The van der Waals surface area contributed by atoms with Crippen LogP contribution in [-0.2, 0) is 20.7 Å². The molecule has 8 nitrogen and oxygen atoms in total. The Kier molecular flexibility index (Phi) is 12.6. The number of hydrogen-bond donors (Lipinski definition) is 3. The van der Waals surface area contributed by atoms with Gasteiger partial charge in [0, 0.05) is 18.7 Å². The van der Waals surface area contributed by atoms with E-state index in [1.54, 1.807) is 49.9 Å². The Morgan fingerprint density at radius 3 is 2.07 bits per heavy atom. The second-order valence-electron chi connectivity index (χ2n) is 12.7. The van der Waals surface area contributed by atoms with Crippen LogP contribution in [0.1, 0.15) is 87.2 Å². The molecule has 2 unspecified atom stereocenters. The van der Waals surface area contributed by atoms with Gasteiger partial charge in [-0.05, 0) is 94.0 Å². The summed E-state index contributed by atoms with van der Waals surface area (Å²) in [7, 11) is 0. The van der Waals surface area contributed by atoms with Crippen molar-refractivity contribution in [2.75, 3.05) is 11.9 Å². The molecular weight excluding hydrogens is 566 g/mol. The smallest absolute Gasteiger partial charge is 0.408 e. The largest absolute Gasteiger partial charge is 0.508 e. The van der Waals surface area contributed by atoms with Crippen LogP contribution in [0.4, 0.5) is 10.5 Å². The number of aryl methyl sites for hydroxylation is 3. The minimum atomic E-state index is -1.03. The standard InChI is InChI=1S/C37H49N3O5/c1-8-9-10-13-23-40(35(43)31(39-36(44)45-37(5,6)7)24-28-19-21-29(41)22-20-28)33(32-26(3)16-14-17-27(32)4)34(42)38-30-18-12-11-15-25(30)2/h11-12,14-22,31,33,41H,8-10,13,23-24H2,1-7H3,(H,38,42)(H,39,44). The molecule has 3 aromatic carbocycles. The van der Waals surface area contributed by atoms with Crippen molar-refractivity contribution in [3.63, 3.8) is 0 Å². The van der Waals surface area contributed by atoms with Crippen molar-refractivity contribution in [2.45, 2.75) is 98.3 Å². The first-order valence-corrected chi connectivity index (χ1v) is 15.8. The predicted molar refractivity (Wildman–Crippen MR) is 179 cm³/mol. The van der Waals surface area contributed by atoms with E-state index in [0.717, 1.165) is 47.1 Å². The van der Waals surface area contributed by atoms with E-state index in [1.807, 2.05) is 63.2 Å². The molecule has 0 fully saturated rings. The van der Waals surface area contributed by atoms with Crippen LogP contribution >= 0.6 is 0 Å². The van der Waals surface area contributed by atoms with Crippen molar-refractivity contribution in [1.82, 2.24) is 10.2 Å². The minimum Gasteiger partial charge on any atom is -0.508 e. The molecule has 0 radical (unpaired) electrons. The van der Waals surface area contributed by atoms with Crippen LogP contribution in [0.2, 0.25) is 0 Å². The number of rotatable bonds is 13. The van der Waals surface area contributed by atoms with Crippen molar-refractivity contribution >= 4 is 23.6 Å². The van der Waals surface area contributed by atoms with Gasteiger partial charge in [0.2, 0.25) is 5.91 Å². The van der Waals surface area contributed by atoms with E-state index in [1.165, 1.54) is 0 Å². The molecule has 3 amide bonds. The van der Waals surface area contributed by atoms with Crippen LogP contribution in [0.3, 0.4) is 0 Å². The summed E-state index contributed by atoms with van der Waals surface area (Å²) in [5, 5.41) is 15.7. The number of alkyl carbamates (subject to hydrolysis) is 1. The number of phenolic OH excluding ortho intramolecular Hbond substituents is 1. The summed E-state index contributed by atoms with van der Waals surface area (Å²) in [4.78, 5) is 43.9. The van der Waals surface area contributed by atoms with E-state index in [-0.39, 0.29) is 18.1 Å². The summed E-state index contributed by atoms with van der Waals surface area (Å²) in [5.74, 6) is -0.619. The van der Waals surface area contributed by atoms with Crippen molar-refractivity contribution < 1.29 is 24.2 Å². The predicted octanol–water partition coefficient (Wildman–Crippen LogP) is 7.54. The van der Waals surface area contributed by atoms with E-state index >= 15 is 0 Å². The zero-order chi connectivity index (χ0) is 33.1. The number of hydrogen-bond acceptors (Lipinski definition) is 5. The first-order valence-electron chi connectivity index (χ1n) is 15.8. The fourth-order valence-corrected chi connectivity index (χ4v) is 5.39. The van der Waals surface area contributed by atoms with E-state index in [4.69, 9.17) is 4.74 Å². The Balaban J connectivity index is 2.13. The van der Waals surface area contributed by atoms with Gasteiger partial charge < -0.3 is 25.4 Å². The molecule has 0 heterocycles. The Morgan fingerprint density at radius 2 is 1.47 bits per heavy atom. The third-order valence-corrected chi connectivity index (χ3v) is 7.68. The van der Waals surface area contributed by atoms with Gasteiger partial charge in [0.05, 0.1) is 0 Å². The maximum Gasteiger partial charge on any atom is 0.408 e. The number of amides is 3. The molecule has 3 rings (SSSR count). The average molecular weight is 616 g/mol. The molecule has 0 saturated heterocycles. The van der Waals surface area contributed by atoms with Crippen molar-refractivity contribution in [2.24, 2.45) is 0 Å². The van der Waals surface area contributed by atoms with E-state index in [9.17, 15) is 19.5 Å². The number of nitrogens with zero attached hydrogens (tertiary/aromatic N) is 1. The number of aromatic hydroxyl groups is 1. The molecule has 2 atom stereocenters. The lowest BCUT2D eigenvalue weighted by atomic mass is 9.92. The van der Waals surface area contributed by atoms with Crippen molar-refractivity contribution in [1.29, 1.82) is 0 Å². The number of ether oxygens (including phenoxy) is 1. The number of para-hydroxylation sites is 1. The van der Waals surface area contributed by atoms with Crippen LogP contribution in [0.15, 0.2) is 66.7 Å². The number of carbonyl (C=O) groups is 3. The van der Waals surface area contributed by atoms with E-state index < -0.39 is 29.7 Å². The highest BCUT2D eigenvalue weighted by Gasteiger charge is 2.37. The van der Waals surface area contributed by atoms with Gasteiger partial charge >= 0.3 is 6.09 Å². The van der Waals surface area contributed by atoms with Gasteiger partial charge in [-0.2, -0.15) is 0 Å². The van der Waals surface area contributed by atoms with E-state index in [2.05, 4.69) is 17.6 Å². The highest BCUT2D eigenvalue weighted by molar-refractivity contribution is 5.99. The lowest BCUT2D eigenvalue weighted by Crippen LogP contribution is -2.53. The zero-order valence-corrected chi connectivity index (χ0v) is 27.8. The molecule has 0 aliphatic carbocycles. The maximum absolute atomic E-state index is 14.8. The van der Waals surface area contributed by atoms with Crippen molar-refractivity contribution in [3.05, 3.63) is 94.5 Å². The number of anilines is 1. The molecule has 0 spiro atoms. The molecular formula is C37H49N3O5. The first-order chi connectivity index (χ1) is 21.3. The molecule has 0 aromatic heterocycles. The number of phenols is 1. The molecule has 0 bridgehead atoms. The maximum atomic E-state index is 14.8. The minimum absolute atomic E-state index is 0.0993. The van der Waals surface area contributed by atoms with Crippen LogP contribution in [0, 0.1) is 20.8 Å². The Bertz CT molecular complexity index is 1420. The van der Waals surface area contributed by atoms with Gasteiger partial charge in [-0.25, -0.2) is 4.79 Å². The molecule has 3 aromatic rings. The van der Waals surface area contributed by atoms with Crippen LogP contribution in [0.25, 0.3) is 0 Å². The summed E-state index contributed by atoms with van der Waals surface area (Å²) in [5.41, 5.74) is 4.08. The third-order valence-electron chi connectivity index (χ3n) is 7.68. The SMILES string of the molecule is CCCCCCN(C(=O)C(Cc1ccc(O)cc1)NC(=O)OC(C)(C)C)C(C(=O)Nc1ccccc1C)c1c(C)cccc1C. The molecule has 242 valence electrons. The van der Waals surface area contributed by atoms with Gasteiger partial charge in [0.1, 0.15) is 23.4 Å². The van der Waals surface area contributed by atoms with Crippen LogP contribution < -0.4 is 10.6 Å². The monoisotopic (exact) mass is 615 g/mol. The molecule has 8 heteroatoms. The lowest BCUT2D eigenvalue weighted by Gasteiger charge is -2.36. The molecule has 3 N–H and O–H groups in total. The summed E-state index contributed by atoms with van der Waals surface area (Å²) in [6.45, 7) is 13.5. The highest BCUT2D eigenvalue weighted by Crippen LogP contribution is 2.31. The average Bonchev–Trinajstić information content (AvgIpc) is 2.96. The topological polar surface area (TPSA) is 108 Å². The molecule has 0 aliphatic heterocycles. The van der Waals surface area contributed by atoms with E-state index in [0.29, 0.717) is 18.7 Å². The Morgan fingerprint density at radius 1 is 0.844 bits per heavy atom. The number of unbranched alkanes of at least 4 members (excludes halogenated alkanes) is 3. The lowest BCUT2D eigenvalue weighted by molar-refractivity contribution is -0.141. The Hall–Kier alpha value is -4.33. The first kappa shape index (κ1) is 35.2. The van der Waals surface area contributed by atoms with Gasteiger partial charge in [-0.1, -0.05) is 74.7 Å². The van der Waals surface area contributed by atoms with Crippen LogP contribution in [0.5, 0.6) is 5.75 Å². The normalized spacial score (nSPS) is 12.6. The number of carbonyl (C=O) groups excluding carboxylic acids is 3. The summed E-state index contributed by atoms with van der Waals surface area (Å²) in [6.07, 6.45) is 3.02. The fourth-order valence-electron chi connectivity index (χ4n) is 5.39. The van der Waals surface area contributed by atoms with Gasteiger partial charge in [-0.3, -0.25) is 9.59 Å². The Labute approximate surface area is 268 Å². The molecule has 45 heavy (non-hydrogen) atoms. The second-order valence-corrected chi connectivity index (χ2v) is 12.7. The third kappa shape index (κ3) is 10.4.